The van der Waals surface area contributed by atoms with E-state index in [1.807, 2.05) is 47.0 Å². The number of hydrogen-bond donors (Lipinski definition) is 1. The molecule has 0 aliphatic carbocycles. The summed E-state index contributed by atoms with van der Waals surface area (Å²) in [6.07, 6.45) is 4.58. The van der Waals surface area contributed by atoms with Gasteiger partial charge in [-0.05, 0) is 83.1 Å². The average Bonchev–Trinajstić information content (AvgIpc) is 3.88. The molecule has 4 aromatic carbocycles. The van der Waals surface area contributed by atoms with Crippen LogP contribution in [0.5, 0.6) is 11.5 Å². The lowest BCUT2D eigenvalue weighted by molar-refractivity contribution is -0.0756. The molecule has 1 aliphatic heterocycles. The number of imidazole rings is 1. The number of nitrogens with zero attached hydrogens (tertiary/aromatic N) is 4. The lowest BCUT2D eigenvalue weighted by Gasteiger charge is -2.37. The molecule has 0 spiro atoms. The van der Waals surface area contributed by atoms with E-state index in [0.717, 1.165) is 57.8 Å². The van der Waals surface area contributed by atoms with Crippen LogP contribution in [0.4, 0.5) is 5.82 Å². The van der Waals surface area contributed by atoms with Crippen LogP contribution in [0.1, 0.15) is 67.7 Å². The number of fused-ring (bicyclic) bond motifs is 1. The molecule has 56 heavy (non-hydrogen) atoms. The van der Waals surface area contributed by atoms with Crippen LogP contribution in [0.3, 0.4) is 0 Å². The van der Waals surface area contributed by atoms with Crippen molar-refractivity contribution in [3.8, 4) is 11.5 Å². The van der Waals surface area contributed by atoms with Gasteiger partial charge in [0.2, 0.25) is 0 Å². The van der Waals surface area contributed by atoms with E-state index in [9.17, 15) is 0 Å². The number of methoxy groups -OCH3 is 2. The van der Waals surface area contributed by atoms with Crippen molar-refractivity contribution in [2.75, 3.05) is 26.1 Å². The van der Waals surface area contributed by atoms with Crippen molar-refractivity contribution in [1.29, 1.82) is 0 Å². The van der Waals surface area contributed by atoms with Gasteiger partial charge in [0, 0.05) is 6.54 Å². The highest BCUT2D eigenvalue weighted by Gasteiger charge is 2.40. The molecular formula is C45H53N5O5Si. The van der Waals surface area contributed by atoms with Crippen LogP contribution < -0.4 is 14.8 Å². The van der Waals surface area contributed by atoms with Crippen LogP contribution in [0.15, 0.2) is 116 Å². The standard InChI is InChI=1S/C45H53N5O5Si/c1-44(2,3)56(6,7)54-28-33-13-11-12-32(26-33)27-46-42-41-43(48-30-47-42)50(31-49-41)40-25-24-39(55-40)29-53-45(34-14-9-8-10-15-34,35-16-20-37(51-4)21-17-35)36-18-22-38(52-5)23-19-36/h8-23,26,30-31,39-40H,24-25,27-29H2,1-7H3,(H,46,47,48)/t39-,40-/m1/s1. The fourth-order valence-electron chi connectivity index (χ4n) is 6.99. The Kier molecular flexibility index (Phi) is 11.6. The zero-order valence-corrected chi connectivity index (χ0v) is 34.5. The molecule has 1 saturated heterocycles. The highest BCUT2D eigenvalue weighted by Crippen LogP contribution is 2.43. The van der Waals surface area contributed by atoms with E-state index in [-0.39, 0.29) is 17.4 Å². The third-order valence-corrected chi connectivity index (χ3v) is 15.7. The molecule has 0 amide bonds. The highest BCUT2D eigenvalue weighted by molar-refractivity contribution is 6.74. The molecule has 1 N–H and O–H groups in total. The Morgan fingerprint density at radius 3 is 2.05 bits per heavy atom. The lowest BCUT2D eigenvalue weighted by Crippen LogP contribution is -2.40. The predicted octanol–water partition coefficient (Wildman–Crippen LogP) is 9.66. The molecule has 10 nitrogen and oxygen atoms in total. The number of anilines is 1. The normalized spacial score (nSPS) is 16.3. The molecule has 7 rings (SSSR count). The van der Waals surface area contributed by atoms with Gasteiger partial charge in [-0.15, -0.1) is 0 Å². The Labute approximate surface area is 331 Å². The Morgan fingerprint density at radius 1 is 0.768 bits per heavy atom. The molecule has 0 radical (unpaired) electrons. The second-order valence-electron chi connectivity index (χ2n) is 15.9. The topological polar surface area (TPSA) is 102 Å². The van der Waals surface area contributed by atoms with Gasteiger partial charge in [-0.1, -0.05) is 99.6 Å². The minimum atomic E-state index is -1.85. The molecule has 6 aromatic rings. The minimum Gasteiger partial charge on any atom is -0.497 e. The Hall–Kier alpha value is -5.07. The first-order chi connectivity index (χ1) is 27.0. The number of benzene rings is 4. The van der Waals surface area contributed by atoms with E-state index in [0.29, 0.717) is 31.1 Å². The minimum absolute atomic E-state index is 0.163. The summed E-state index contributed by atoms with van der Waals surface area (Å²) in [4.78, 5) is 14.0. The summed E-state index contributed by atoms with van der Waals surface area (Å²) in [6, 6.07) is 35.0. The summed E-state index contributed by atoms with van der Waals surface area (Å²) in [7, 11) is 1.50. The molecular weight excluding hydrogens is 719 g/mol. The summed E-state index contributed by atoms with van der Waals surface area (Å²) < 4.78 is 33.4. The van der Waals surface area contributed by atoms with E-state index in [4.69, 9.17) is 28.4 Å². The van der Waals surface area contributed by atoms with Crippen LogP contribution in [-0.4, -0.2) is 54.8 Å². The van der Waals surface area contributed by atoms with E-state index < -0.39 is 13.9 Å². The first-order valence-corrected chi connectivity index (χ1v) is 22.2. The van der Waals surface area contributed by atoms with Gasteiger partial charge < -0.3 is 28.7 Å². The zero-order valence-electron chi connectivity index (χ0n) is 33.5. The van der Waals surface area contributed by atoms with Gasteiger partial charge in [0.15, 0.2) is 25.3 Å². The predicted molar refractivity (Wildman–Crippen MR) is 222 cm³/mol. The monoisotopic (exact) mass is 771 g/mol. The largest absolute Gasteiger partial charge is 0.497 e. The lowest BCUT2D eigenvalue weighted by atomic mass is 9.80. The van der Waals surface area contributed by atoms with E-state index in [2.05, 4.69) is 110 Å². The molecule has 0 bridgehead atoms. The Balaban J connectivity index is 1.07. The maximum absolute atomic E-state index is 7.15. The molecule has 2 atom stereocenters. The molecule has 11 heteroatoms. The number of aromatic nitrogens is 4. The maximum atomic E-state index is 7.15. The van der Waals surface area contributed by atoms with Crippen molar-refractivity contribution in [2.24, 2.45) is 0 Å². The average molecular weight is 772 g/mol. The number of rotatable bonds is 15. The van der Waals surface area contributed by atoms with Crippen molar-refractivity contribution in [1.82, 2.24) is 19.5 Å². The molecule has 0 unspecified atom stereocenters. The van der Waals surface area contributed by atoms with Crippen LogP contribution in [-0.2, 0) is 32.7 Å². The van der Waals surface area contributed by atoms with Crippen molar-refractivity contribution < 1.29 is 23.4 Å². The summed E-state index contributed by atoms with van der Waals surface area (Å²) in [5.74, 6) is 2.24. The van der Waals surface area contributed by atoms with Crippen molar-refractivity contribution in [2.45, 2.75) is 82.8 Å². The second-order valence-corrected chi connectivity index (χ2v) is 20.7. The van der Waals surface area contributed by atoms with Gasteiger partial charge in [0.05, 0.1) is 39.9 Å². The van der Waals surface area contributed by atoms with Crippen molar-refractivity contribution >= 4 is 25.3 Å². The second kappa shape index (κ2) is 16.6. The van der Waals surface area contributed by atoms with Gasteiger partial charge in [-0.3, -0.25) is 4.57 Å². The third-order valence-electron chi connectivity index (χ3n) is 11.3. The molecule has 1 fully saturated rings. The van der Waals surface area contributed by atoms with Crippen molar-refractivity contribution in [3.05, 3.63) is 144 Å². The molecule has 0 saturated carbocycles. The molecule has 2 aromatic heterocycles. The summed E-state index contributed by atoms with van der Waals surface area (Å²) in [5.41, 5.74) is 5.78. The maximum Gasteiger partial charge on any atom is 0.192 e. The van der Waals surface area contributed by atoms with Gasteiger partial charge in [0.1, 0.15) is 29.7 Å². The molecule has 292 valence electrons. The SMILES string of the molecule is COc1ccc(C(OC[C@H]2CC[C@H](n3cnc4c(NCc5cccc(CO[Si](C)(C)C(C)(C)C)c5)ncnc43)O2)(c2ccccc2)c2ccc(OC)cc2)cc1. The summed E-state index contributed by atoms with van der Waals surface area (Å²) in [6.45, 7) is 12.9. The Bertz CT molecular complexity index is 2160. The Morgan fingerprint density at radius 2 is 1.41 bits per heavy atom. The van der Waals surface area contributed by atoms with Gasteiger partial charge in [-0.25, -0.2) is 15.0 Å². The van der Waals surface area contributed by atoms with Gasteiger partial charge in [0.25, 0.3) is 0 Å². The fourth-order valence-corrected chi connectivity index (χ4v) is 7.95. The van der Waals surface area contributed by atoms with Gasteiger partial charge >= 0.3 is 0 Å². The van der Waals surface area contributed by atoms with E-state index in [1.165, 1.54) is 0 Å². The number of ether oxygens (including phenoxy) is 4. The third kappa shape index (κ3) is 8.22. The van der Waals surface area contributed by atoms with Crippen LogP contribution in [0.2, 0.25) is 18.1 Å². The van der Waals surface area contributed by atoms with Crippen LogP contribution in [0.25, 0.3) is 11.2 Å². The first kappa shape index (κ1) is 39.2. The van der Waals surface area contributed by atoms with E-state index >= 15 is 0 Å². The zero-order chi connectivity index (χ0) is 39.3. The highest BCUT2D eigenvalue weighted by atomic mass is 28.4. The molecule has 1 aliphatic rings. The number of hydrogen-bond acceptors (Lipinski definition) is 9. The smallest absolute Gasteiger partial charge is 0.192 e. The molecule has 3 heterocycles. The van der Waals surface area contributed by atoms with Crippen LogP contribution >= 0.6 is 0 Å². The summed E-state index contributed by atoms with van der Waals surface area (Å²) >= 11 is 0. The van der Waals surface area contributed by atoms with E-state index in [1.54, 1.807) is 26.9 Å². The number of nitrogens with one attached hydrogen (secondary N) is 1. The van der Waals surface area contributed by atoms with Gasteiger partial charge in [-0.2, -0.15) is 0 Å². The fraction of sp³-hybridized carbons (Fsp3) is 0.356. The summed E-state index contributed by atoms with van der Waals surface area (Å²) in [5, 5.41) is 3.67. The quantitative estimate of drug-likeness (QED) is 0.0808. The van der Waals surface area contributed by atoms with Crippen molar-refractivity contribution in [3.63, 3.8) is 0 Å². The first-order valence-electron chi connectivity index (χ1n) is 19.3. The van der Waals surface area contributed by atoms with Crippen LogP contribution in [0, 0.1) is 0 Å².